The first-order valence-electron chi connectivity index (χ1n) is 6.49. The summed E-state index contributed by atoms with van der Waals surface area (Å²) >= 11 is 0. The summed E-state index contributed by atoms with van der Waals surface area (Å²) in [6, 6.07) is 0.222. The molecule has 0 unspecified atom stereocenters. The van der Waals surface area contributed by atoms with Crippen LogP contribution < -0.4 is 5.32 Å². The van der Waals surface area contributed by atoms with Gasteiger partial charge in [-0.25, -0.2) is 4.79 Å². The quantitative estimate of drug-likeness (QED) is 0.794. The van der Waals surface area contributed by atoms with Gasteiger partial charge >= 0.3 is 6.09 Å². The molecule has 2 atom stereocenters. The van der Waals surface area contributed by atoms with Crippen molar-refractivity contribution < 1.29 is 9.53 Å². The number of hydrogen-bond donors (Lipinski definition) is 1. The lowest BCUT2D eigenvalue weighted by Crippen LogP contribution is -2.42. The number of piperidine rings is 1. The molecular formula is C12H22N2O2. The highest BCUT2D eigenvalue weighted by Crippen LogP contribution is 2.17. The molecule has 2 aliphatic heterocycles. The summed E-state index contributed by atoms with van der Waals surface area (Å²) in [5.41, 5.74) is 0. The first kappa shape index (κ1) is 11.7. The number of carbonyl (C=O) groups is 1. The van der Waals surface area contributed by atoms with Gasteiger partial charge in [-0.2, -0.15) is 0 Å². The molecule has 1 N–H and O–H groups in total. The summed E-state index contributed by atoms with van der Waals surface area (Å²) < 4.78 is 5.34. The maximum Gasteiger partial charge on any atom is 0.407 e. The Morgan fingerprint density at radius 1 is 1.38 bits per heavy atom. The minimum absolute atomic E-state index is 0.0607. The zero-order chi connectivity index (χ0) is 11.4. The smallest absolute Gasteiger partial charge is 0.407 e. The third kappa shape index (κ3) is 2.88. The lowest BCUT2D eigenvalue weighted by molar-refractivity contribution is 0.0874. The number of hydrogen-bond acceptors (Lipinski definition) is 3. The zero-order valence-corrected chi connectivity index (χ0v) is 10.1. The van der Waals surface area contributed by atoms with Crippen LogP contribution in [0, 0.1) is 0 Å². The van der Waals surface area contributed by atoms with Crippen molar-refractivity contribution in [2.24, 2.45) is 0 Å². The molecule has 2 rings (SSSR count). The van der Waals surface area contributed by atoms with E-state index in [2.05, 4.69) is 17.1 Å². The number of rotatable bonds is 4. The lowest BCUT2D eigenvalue weighted by atomic mass is 10.0. The molecule has 4 heteroatoms. The summed E-state index contributed by atoms with van der Waals surface area (Å²) in [4.78, 5) is 13.7. The van der Waals surface area contributed by atoms with E-state index in [4.69, 9.17) is 4.74 Å². The molecule has 2 saturated heterocycles. The minimum Gasteiger partial charge on any atom is -0.443 e. The molecule has 2 fully saturated rings. The van der Waals surface area contributed by atoms with Crippen LogP contribution in [-0.4, -0.2) is 42.8 Å². The second-order valence-corrected chi connectivity index (χ2v) is 4.84. The summed E-state index contributed by atoms with van der Waals surface area (Å²) in [5, 5.41) is 2.91. The van der Waals surface area contributed by atoms with E-state index in [-0.39, 0.29) is 18.2 Å². The van der Waals surface area contributed by atoms with Crippen LogP contribution in [0.1, 0.15) is 39.0 Å². The van der Waals surface area contributed by atoms with Crippen LogP contribution in [-0.2, 0) is 4.74 Å². The second kappa shape index (κ2) is 5.53. The summed E-state index contributed by atoms with van der Waals surface area (Å²) in [6.45, 7) is 5.37. The molecule has 0 aromatic heterocycles. The van der Waals surface area contributed by atoms with Crippen molar-refractivity contribution in [3.8, 4) is 0 Å². The van der Waals surface area contributed by atoms with E-state index in [1.165, 1.54) is 19.3 Å². The Kier molecular flexibility index (Phi) is 4.04. The van der Waals surface area contributed by atoms with Crippen molar-refractivity contribution in [2.75, 3.05) is 19.6 Å². The Morgan fingerprint density at radius 3 is 2.81 bits per heavy atom. The second-order valence-electron chi connectivity index (χ2n) is 4.84. The molecule has 2 heterocycles. The average molecular weight is 226 g/mol. The van der Waals surface area contributed by atoms with Crippen molar-refractivity contribution >= 4 is 6.09 Å². The Labute approximate surface area is 97.3 Å². The van der Waals surface area contributed by atoms with Gasteiger partial charge in [0.2, 0.25) is 0 Å². The maximum absolute atomic E-state index is 11.2. The first-order valence-corrected chi connectivity index (χ1v) is 6.49. The van der Waals surface area contributed by atoms with Gasteiger partial charge in [0.25, 0.3) is 0 Å². The highest BCUT2D eigenvalue weighted by atomic mass is 16.6. The maximum atomic E-state index is 11.2. The number of likely N-dealkylation sites (tertiary alicyclic amines) is 1. The van der Waals surface area contributed by atoms with E-state index >= 15 is 0 Å². The van der Waals surface area contributed by atoms with Crippen LogP contribution in [0.5, 0.6) is 0 Å². The average Bonchev–Trinajstić information content (AvgIpc) is 2.61. The largest absolute Gasteiger partial charge is 0.443 e. The number of ether oxygens (including phenoxy) is 1. The minimum atomic E-state index is -0.236. The highest BCUT2D eigenvalue weighted by molar-refractivity contribution is 5.70. The Hall–Kier alpha value is -0.770. The van der Waals surface area contributed by atoms with Gasteiger partial charge in [-0.3, -0.25) is 4.90 Å². The van der Waals surface area contributed by atoms with Crippen molar-refractivity contribution in [2.45, 2.75) is 51.2 Å². The predicted octanol–water partition coefficient (Wildman–Crippen LogP) is 1.75. The molecule has 0 bridgehead atoms. The van der Waals surface area contributed by atoms with E-state index in [1.807, 2.05) is 0 Å². The summed E-state index contributed by atoms with van der Waals surface area (Å²) in [5.74, 6) is 0. The van der Waals surface area contributed by atoms with E-state index in [0.29, 0.717) is 0 Å². The van der Waals surface area contributed by atoms with Crippen molar-refractivity contribution in [1.29, 1.82) is 0 Å². The third-order valence-electron chi connectivity index (χ3n) is 3.50. The van der Waals surface area contributed by atoms with Crippen LogP contribution in [0.4, 0.5) is 4.79 Å². The highest BCUT2D eigenvalue weighted by Gasteiger charge is 2.34. The molecule has 4 nitrogen and oxygen atoms in total. The van der Waals surface area contributed by atoms with Crippen LogP contribution in [0.3, 0.4) is 0 Å². The van der Waals surface area contributed by atoms with Crippen LogP contribution in [0.2, 0.25) is 0 Å². The van der Waals surface area contributed by atoms with E-state index in [0.717, 1.165) is 32.5 Å². The van der Waals surface area contributed by atoms with Gasteiger partial charge < -0.3 is 10.1 Å². The number of alkyl carbamates (subject to hydrolysis) is 1. The normalized spacial score (nSPS) is 31.2. The van der Waals surface area contributed by atoms with Crippen LogP contribution in [0.15, 0.2) is 0 Å². The SMILES string of the molecule is CCC[C@H]1NC(=O)O[C@@H]1CN1CCCCC1. The molecule has 0 saturated carbocycles. The van der Waals surface area contributed by atoms with Gasteiger partial charge in [0, 0.05) is 6.54 Å². The van der Waals surface area contributed by atoms with Crippen molar-refractivity contribution in [3.63, 3.8) is 0 Å². The number of nitrogens with one attached hydrogen (secondary N) is 1. The van der Waals surface area contributed by atoms with E-state index < -0.39 is 0 Å². The molecule has 0 radical (unpaired) electrons. The zero-order valence-electron chi connectivity index (χ0n) is 10.1. The molecule has 92 valence electrons. The fourth-order valence-corrected chi connectivity index (χ4v) is 2.63. The molecule has 16 heavy (non-hydrogen) atoms. The topological polar surface area (TPSA) is 41.6 Å². The van der Waals surface area contributed by atoms with Crippen LogP contribution >= 0.6 is 0 Å². The predicted molar refractivity (Wildman–Crippen MR) is 62.4 cm³/mol. The number of cyclic esters (lactones) is 1. The molecule has 0 spiro atoms. The van der Waals surface area contributed by atoms with Crippen molar-refractivity contribution in [3.05, 3.63) is 0 Å². The number of amides is 1. The third-order valence-corrected chi connectivity index (χ3v) is 3.50. The molecule has 1 amide bonds. The van der Waals surface area contributed by atoms with Crippen molar-refractivity contribution in [1.82, 2.24) is 10.2 Å². The van der Waals surface area contributed by atoms with E-state index in [1.54, 1.807) is 0 Å². The number of carbonyl (C=O) groups excluding carboxylic acids is 1. The standard InChI is InChI=1S/C12H22N2O2/c1-2-6-10-11(16-12(15)13-10)9-14-7-4-3-5-8-14/h10-11H,2-9H2,1H3,(H,13,15)/t10-,11-/m1/s1. The summed E-state index contributed by atoms with van der Waals surface area (Å²) in [6.07, 6.45) is 5.84. The molecule has 0 aliphatic carbocycles. The monoisotopic (exact) mass is 226 g/mol. The van der Waals surface area contributed by atoms with Gasteiger partial charge in [-0.05, 0) is 32.4 Å². The molecule has 0 aromatic carbocycles. The lowest BCUT2D eigenvalue weighted by Gasteiger charge is -2.29. The van der Waals surface area contributed by atoms with Gasteiger partial charge in [0.1, 0.15) is 6.10 Å². The van der Waals surface area contributed by atoms with E-state index in [9.17, 15) is 4.79 Å². The molecule has 2 aliphatic rings. The molecule has 0 aromatic rings. The van der Waals surface area contributed by atoms with Gasteiger partial charge in [0.15, 0.2) is 0 Å². The van der Waals surface area contributed by atoms with Crippen LogP contribution in [0.25, 0.3) is 0 Å². The van der Waals surface area contributed by atoms with Gasteiger partial charge in [-0.1, -0.05) is 19.8 Å². The summed E-state index contributed by atoms with van der Waals surface area (Å²) in [7, 11) is 0. The fourth-order valence-electron chi connectivity index (χ4n) is 2.63. The van der Waals surface area contributed by atoms with Gasteiger partial charge in [-0.15, -0.1) is 0 Å². The Balaban J connectivity index is 1.84. The van der Waals surface area contributed by atoms with Gasteiger partial charge in [0.05, 0.1) is 6.04 Å². The fraction of sp³-hybridized carbons (Fsp3) is 0.917. The number of nitrogens with zero attached hydrogens (tertiary/aromatic N) is 1. The Bertz CT molecular complexity index is 239. The molecular weight excluding hydrogens is 204 g/mol. The first-order chi connectivity index (χ1) is 7.79. The Morgan fingerprint density at radius 2 is 2.12 bits per heavy atom.